The number of hydrogen-bond donors (Lipinski definition) is 0. The van der Waals surface area contributed by atoms with Crippen LogP contribution in [0.3, 0.4) is 0 Å². The van der Waals surface area contributed by atoms with Crippen molar-refractivity contribution >= 4 is 12.0 Å². The highest BCUT2D eigenvalue weighted by atomic mass is 16.5. The van der Waals surface area contributed by atoms with Gasteiger partial charge in [-0.2, -0.15) is 0 Å². The Morgan fingerprint density at radius 3 is 3.00 bits per heavy atom. The fourth-order valence-corrected chi connectivity index (χ4v) is 1.43. The van der Waals surface area contributed by atoms with Gasteiger partial charge in [0.05, 0.1) is 6.61 Å². The lowest BCUT2D eigenvalue weighted by Gasteiger charge is -2.13. The van der Waals surface area contributed by atoms with Gasteiger partial charge in [-0.25, -0.2) is 4.79 Å². The van der Waals surface area contributed by atoms with Gasteiger partial charge in [0.1, 0.15) is 12.5 Å². The minimum Gasteiger partial charge on any atom is -0.463 e. The minimum absolute atomic E-state index is 0.360. The van der Waals surface area contributed by atoms with Gasteiger partial charge in [-0.3, -0.25) is 0 Å². The summed E-state index contributed by atoms with van der Waals surface area (Å²) < 4.78 is 15.4. The van der Waals surface area contributed by atoms with Crippen LogP contribution < -0.4 is 9.47 Å². The smallest absolute Gasteiger partial charge is 0.330 e. The first-order valence-electron chi connectivity index (χ1n) is 5.27. The molecule has 1 aliphatic heterocycles. The third-order valence-electron chi connectivity index (χ3n) is 2.13. The van der Waals surface area contributed by atoms with E-state index in [2.05, 4.69) is 0 Å². The van der Waals surface area contributed by atoms with Gasteiger partial charge in [0, 0.05) is 11.6 Å². The van der Waals surface area contributed by atoms with E-state index < -0.39 is 0 Å². The number of para-hydroxylation sites is 1. The summed E-state index contributed by atoms with van der Waals surface area (Å²) >= 11 is 0. The number of esters is 1. The molecule has 0 atom stereocenters. The van der Waals surface area contributed by atoms with Crippen LogP contribution in [0.1, 0.15) is 12.5 Å². The molecule has 0 amide bonds. The standard InChI is InChI=1S/C13H12O4/c1-2-15-12(14)7-6-10-4-3-5-11-13(10)17-9-8-16-11/h3-9H,2H2,1H3. The maximum atomic E-state index is 11.2. The Labute approximate surface area is 99.1 Å². The quantitative estimate of drug-likeness (QED) is 0.593. The highest BCUT2D eigenvalue weighted by molar-refractivity contribution is 5.87. The van der Waals surface area contributed by atoms with Crippen molar-refractivity contribution in [2.45, 2.75) is 6.92 Å². The molecule has 0 radical (unpaired) electrons. The summed E-state index contributed by atoms with van der Waals surface area (Å²) in [5.41, 5.74) is 0.764. The Bertz CT molecular complexity index is 474. The Kier molecular flexibility index (Phi) is 3.45. The molecule has 88 valence electrons. The number of rotatable bonds is 3. The van der Waals surface area contributed by atoms with E-state index in [0.29, 0.717) is 18.1 Å². The van der Waals surface area contributed by atoms with Gasteiger partial charge >= 0.3 is 5.97 Å². The predicted molar refractivity (Wildman–Crippen MR) is 62.5 cm³/mol. The highest BCUT2D eigenvalue weighted by Crippen LogP contribution is 2.34. The summed E-state index contributed by atoms with van der Waals surface area (Å²) in [4.78, 5) is 11.2. The van der Waals surface area contributed by atoms with Crippen LogP contribution >= 0.6 is 0 Å². The third kappa shape index (κ3) is 2.66. The van der Waals surface area contributed by atoms with E-state index in [-0.39, 0.29) is 5.97 Å². The van der Waals surface area contributed by atoms with Gasteiger partial charge in [-0.05, 0) is 19.1 Å². The van der Waals surface area contributed by atoms with Crippen molar-refractivity contribution in [3.8, 4) is 11.5 Å². The van der Waals surface area contributed by atoms with Crippen molar-refractivity contribution in [2.24, 2.45) is 0 Å². The average molecular weight is 232 g/mol. The molecule has 0 saturated heterocycles. The van der Waals surface area contributed by atoms with Crippen molar-refractivity contribution < 1.29 is 19.0 Å². The molecular weight excluding hydrogens is 220 g/mol. The molecule has 4 nitrogen and oxygen atoms in total. The molecule has 1 heterocycles. The molecule has 0 fully saturated rings. The summed E-state index contributed by atoms with van der Waals surface area (Å²) in [6, 6.07) is 5.45. The second-order valence-electron chi connectivity index (χ2n) is 3.27. The van der Waals surface area contributed by atoms with Crippen LogP contribution in [0.5, 0.6) is 11.5 Å². The van der Waals surface area contributed by atoms with E-state index in [1.54, 1.807) is 19.1 Å². The van der Waals surface area contributed by atoms with Crippen LogP contribution in [0.2, 0.25) is 0 Å². The molecule has 0 saturated carbocycles. The summed E-state index contributed by atoms with van der Waals surface area (Å²) in [5.74, 6) is 0.839. The van der Waals surface area contributed by atoms with Crippen molar-refractivity contribution in [3.63, 3.8) is 0 Å². The number of ether oxygens (including phenoxy) is 3. The maximum Gasteiger partial charge on any atom is 0.330 e. The highest BCUT2D eigenvalue weighted by Gasteiger charge is 2.11. The molecule has 0 bridgehead atoms. The molecule has 1 aliphatic rings. The number of fused-ring (bicyclic) bond motifs is 1. The largest absolute Gasteiger partial charge is 0.463 e. The lowest BCUT2D eigenvalue weighted by Crippen LogP contribution is -2.00. The molecule has 0 aliphatic carbocycles. The van der Waals surface area contributed by atoms with E-state index >= 15 is 0 Å². The molecule has 0 spiro atoms. The zero-order chi connectivity index (χ0) is 12.1. The van der Waals surface area contributed by atoms with Gasteiger partial charge in [-0.1, -0.05) is 12.1 Å². The van der Waals surface area contributed by atoms with Gasteiger partial charge in [0.2, 0.25) is 0 Å². The molecule has 1 aromatic carbocycles. The first-order valence-corrected chi connectivity index (χ1v) is 5.27. The zero-order valence-corrected chi connectivity index (χ0v) is 9.38. The molecule has 2 rings (SSSR count). The summed E-state index contributed by atoms with van der Waals surface area (Å²) in [7, 11) is 0. The third-order valence-corrected chi connectivity index (χ3v) is 2.13. The summed E-state index contributed by atoms with van der Waals surface area (Å²) in [5, 5.41) is 0. The summed E-state index contributed by atoms with van der Waals surface area (Å²) in [6.45, 7) is 2.12. The first-order chi connectivity index (χ1) is 8.31. The van der Waals surface area contributed by atoms with Gasteiger partial charge in [-0.15, -0.1) is 0 Å². The maximum absolute atomic E-state index is 11.2. The van der Waals surface area contributed by atoms with Crippen LogP contribution in [0.25, 0.3) is 6.08 Å². The Morgan fingerprint density at radius 2 is 2.18 bits per heavy atom. The molecule has 0 unspecified atom stereocenters. The molecule has 17 heavy (non-hydrogen) atoms. The van der Waals surface area contributed by atoms with E-state index in [1.165, 1.54) is 18.6 Å². The van der Waals surface area contributed by atoms with Gasteiger partial charge < -0.3 is 14.2 Å². The monoisotopic (exact) mass is 232 g/mol. The number of benzene rings is 1. The van der Waals surface area contributed by atoms with Gasteiger partial charge in [0.15, 0.2) is 11.5 Å². The fraction of sp³-hybridized carbons (Fsp3) is 0.154. The SMILES string of the molecule is CCOC(=O)C=Cc1cccc2c1OC=CO2. The van der Waals surface area contributed by atoms with E-state index in [0.717, 1.165) is 5.56 Å². The van der Waals surface area contributed by atoms with Crippen LogP contribution in [-0.4, -0.2) is 12.6 Å². The van der Waals surface area contributed by atoms with Crippen molar-refractivity contribution in [3.05, 3.63) is 42.4 Å². The lowest BCUT2D eigenvalue weighted by molar-refractivity contribution is -0.137. The van der Waals surface area contributed by atoms with E-state index in [9.17, 15) is 4.79 Å². The van der Waals surface area contributed by atoms with E-state index in [1.807, 2.05) is 12.1 Å². The van der Waals surface area contributed by atoms with Gasteiger partial charge in [0.25, 0.3) is 0 Å². The molecule has 0 N–H and O–H groups in total. The second kappa shape index (κ2) is 5.21. The Balaban J connectivity index is 2.20. The molecule has 1 aromatic rings. The number of carbonyl (C=O) groups is 1. The second-order valence-corrected chi connectivity index (χ2v) is 3.27. The molecule has 0 aromatic heterocycles. The zero-order valence-electron chi connectivity index (χ0n) is 9.38. The molecule has 4 heteroatoms. The van der Waals surface area contributed by atoms with Crippen LogP contribution in [0, 0.1) is 0 Å². The summed E-state index contributed by atoms with van der Waals surface area (Å²) in [6.07, 6.45) is 5.91. The normalized spacial score (nSPS) is 12.8. The van der Waals surface area contributed by atoms with Crippen LogP contribution in [0.4, 0.5) is 0 Å². The number of carbonyl (C=O) groups excluding carboxylic acids is 1. The van der Waals surface area contributed by atoms with Crippen LogP contribution in [0.15, 0.2) is 36.8 Å². The van der Waals surface area contributed by atoms with Crippen molar-refractivity contribution in [1.82, 2.24) is 0 Å². The minimum atomic E-state index is -0.377. The van der Waals surface area contributed by atoms with Crippen molar-refractivity contribution in [2.75, 3.05) is 6.61 Å². The Hall–Kier alpha value is -2.23. The average Bonchev–Trinajstić information content (AvgIpc) is 2.36. The number of hydrogen-bond acceptors (Lipinski definition) is 4. The van der Waals surface area contributed by atoms with Crippen LogP contribution in [-0.2, 0) is 9.53 Å². The fourth-order valence-electron chi connectivity index (χ4n) is 1.43. The predicted octanol–water partition coefficient (Wildman–Crippen LogP) is 2.51. The first kappa shape index (κ1) is 11.3. The lowest BCUT2D eigenvalue weighted by atomic mass is 10.1. The molecular formula is C13H12O4. The van der Waals surface area contributed by atoms with Crippen molar-refractivity contribution in [1.29, 1.82) is 0 Å². The van der Waals surface area contributed by atoms with E-state index in [4.69, 9.17) is 14.2 Å². The topological polar surface area (TPSA) is 44.8 Å². The Morgan fingerprint density at radius 1 is 1.35 bits per heavy atom.